The predicted octanol–water partition coefficient (Wildman–Crippen LogP) is 3.45. The van der Waals surface area contributed by atoms with Gasteiger partial charge < -0.3 is 25.6 Å². The molecule has 0 spiro atoms. The molecule has 8 heteroatoms. The Bertz CT molecular complexity index is 931. The van der Waals surface area contributed by atoms with Crippen LogP contribution in [0.5, 0.6) is 0 Å². The van der Waals surface area contributed by atoms with E-state index in [0.717, 1.165) is 37.2 Å². The molecule has 8 nitrogen and oxygen atoms in total. The lowest BCUT2D eigenvalue weighted by Gasteiger charge is -2.28. The first-order chi connectivity index (χ1) is 18.0. The number of hydrogen-bond donors (Lipinski definition) is 4. The summed E-state index contributed by atoms with van der Waals surface area (Å²) in [5.74, 6) is -1.11. The second-order valence-electron chi connectivity index (χ2n) is 11.1. The van der Waals surface area contributed by atoms with Gasteiger partial charge in [0.25, 0.3) is 0 Å². The van der Waals surface area contributed by atoms with Crippen LogP contribution in [0.4, 0.5) is 0 Å². The molecule has 3 aliphatic rings. The third kappa shape index (κ3) is 7.32. The molecule has 1 aromatic rings. The van der Waals surface area contributed by atoms with Crippen molar-refractivity contribution in [2.75, 3.05) is 13.2 Å². The molecular formula is C29H42N2O6. The molecular weight excluding hydrogens is 472 g/mol. The van der Waals surface area contributed by atoms with Crippen molar-refractivity contribution in [3.8, 4) is 0 Å². The fourth-order valence-corrected chi connectivity index (χ4v) is 6.53. The first kappa shape index (κ1) is 27.6. The fourth-order valence-electron chi connectivity index (χ4n) is 6.53. The van der Waals surface area contributed by atoms with Gasteiger partial charge in [0, 0.05) is 6.54 Å². The highest BCUT2D eigenvalue weighted by atomic mass is 16.5. The van der Waals surface area contributed by atoms with E-state index in [0.29, 0.717) is 19.4 Å². The summed E-state index contributed by atoms with van der Waals surface area (Å²) in [4.78, 5) is 37.2. The number of aromatic carboxylic acids is 1. The Morgan fingerprint density at radius 2 is 1.78 bits per heavy atom. The summed E-state index contributed by atoms with van der Waals surface area (Å²) in [5, 5.41) is 24.7. The molecule has 204 valence electrons. The molecule has 4 N–H and O–H groups in total. The van der Waals surface area contributed by atoms with Crippen LogP contribution < -0.4 is 10.6 Å². The molecule has 2 aliphatic heterocycles. The Morgan fingerprint density at radius 1 is 1.00 bits per heavy atom. The lowest BCUT2D eigenvalue weighted by atomic mass is 9.76. The van der Waals surface area contributed by atoms with E-state index < -0.39 is 18.6 Å². The zero-order chi connectivity index (χ0) is 26.2. The summed E-state index contributed by atoms with van der Waals surface area (Å²) in [7, 11) is 0. The number of rotatable bonds is 13. The average molecular weight is 515 g/mol. The highest BCUT2D eigenvalue weighted by molar-refractivity contribution is 5.89. The lowest BCUT2D eigenvalue weighted by Crippen LogP contribution is -2.52. The van der Waals surface area contributed by atoms with Gasteiger partial charge in [-0.15, -0.1) is 0 Å². The summed E-state index contributed by atoms with van der Waals surface area (Å²) >= 11 is 0. The van der Waals surface area contributed by atoms with Crippen molar-refractivity contribution in [1.82, 2.24) is 10.6 Å². The standard InChI is InChI=1S/C29H42N2O6/c32-18-23(27(33)30-16-5-4-9-19-7-2-1-3-8-19)31-28(34)26-22(24-14-15-25(26)37-24)13-12-20-10-6-11-21(17-20)29(35)36/h6,10-11,17,19,22-26,32H,1-5,7-9,12-16,18H2,(H,30,33)(H,31,34)(H,35,36)/t22-,23?,24-,25+,26-/m0/s1. The number of carboxylic acid groups (broad SMARTS) is 1. The number of aliphatic hydroxyl groups excluding tert-OH is 1. The van der Waals surface area contributed by atoms with Crippen molar-refractivity contribution in [1.29, 1.82) is 0 Å². The van der Waals surface area contributed by atoms with Crippen molar-refractivity contribution in [3.05, 3.63) is 35.4 Å². The molecule has 4 rings (SSSR count). The Balaban J connectivity index is 1.24. The van der Waals surface area contributed by atoms with E-state index in [1.165, 1.54) is 38.5 Å². The maximum atomic E-state index is 13.3. The van der Waals surface area contributed by atoms with Crippen LogP contribution in [0.15, 0.2) is 24.3 Å². The minimum Gasteiger partial charge on any atom is -0.478 e. The number of ether oxygens (including phenoxy) is 1. The first-order valence-corrected chi connectivity index (χ1v) is 14.1. The van der Waals surface area contributed by atoms with Gasteiger partial charge >= 0.3 is 5.97 Å². The molecule has 2 amide bonds. The van der Waals surface area contributed by atoms with Crippen LogP contribution in [0.3, 0.4) is 0 Å². The highest BCUT2D eigenvalue weighted by Crippen LogP contribution is 2.45. The summed E-state index contributed by atoms with van der Waals surface area (Å²) in [6.45, 7) is 0.0984. The van der Waals surface area contributed by atoms with Gasteiger partial charge in [0.1, 0.15) is 6.04 Å². The van der Waals surface area contributed by atoms with Crippen LogP contribution in [0.2, 0.25) is 0 Å². The van der Waals surface area contributed by atoms with Gasteiger partial charge in [0.2, 0.25) is 11.8 Å². The Labute approximate surface area is 219 Å². The third-order valence-corrected chi connectivity index (χ3v) is 8.55. The van der Waals surface area contributed by atoms with Crippen LogP contribution in [0.25, 0.3) is 0 Å². The number of carboxylic acids is 1. The summed E-state index contributed by atoms with van der Waals surface area (Å²) in [5.41, 5.74) is 1.17. The Kier molecular flexibility index (Phi) is 9.97. The van der Waals surface area contributed by atoms with Gasteiger partial charge in [-0.3, -0.25) is 9.59 Å². The normalized spacial score (nSPS) is 26.1. The first-order valence-electron chi connectivity index (χ1n) is 14.1. The summed E-state index contributed by atoms with van der Waals surface area (Å²) in [6, 6.07) is 5.90. The number of carbonyl (C=O) groups excluding carboxylic acids is 2. The lowest BCUT2D eigenvalue weighted by molar-refractivity contribution is -0.133. The molecule has 1 aliphatic carbocycles. The number of amides is 2. The number of hydrogen-bond acceptors (Lipinski definition) is 5. The van der Waals surface area contributed by atoms with Gasteiger partial charge in [0.05, 0.1) is 30.3 Å². The van der Waals surface area contributed by atoms with E-state index in [-0.39, 0.29) is 41.4 Å². The van der Waals surface area contributed by atoms with E-state index >= 15 is 0 Å². The SMILES string of the molecule is O=C(O)c1cccc(CC[C@@H]2[C@H](C(=O)NC(CO)C(=O)NCCCCC3CCCCC3)[C@H]3CC[C@@H]2O3)c1. The molecule has 2 saturated heterocycles. The quantitative estimate of drug-likeness (QED) is 0.299. The molecule has 3 fully saturated rings. The topological polar surface area (TPSA) is 125 Å². The van der Waals surface area contributed by atoms with Crippen molar-refractivity contribution in [3.63, 3.8) is 0 Å². The minimum atomic E-state index is -0.974. The smallest absolute Gasteiger partial charge is 0.335 e. The molecule has 2 bridgehead atoms. The van der Waals surface area contributed by atoms with E-state index in [9.17, 15) is 24.6 Å². The second-order valence-corrected chi connectivity index (χ2v) is 11.1. The van der Waals surface area contributed by atoms with Crippen molar-refractivity contribution < 1.29 is 29.3 Å². The molecule has 1 saturated carbocycles. The average Bonchev–Trinajstić information content (AvgIpc) is 3.53. The van der Waals surface area contributed by atoms with Gasteiger partial charge in [-0.1, -0.05) is 57.1 Å². The number of fused-ring (bicyclic) bond motifs is 2. The van der Waals surface area contributed by atoms with Gasteiger partial charge in [-0.25, -0.2) is 4.79 Å². The molecule has 1 aromatic carbocycles. The number of aliphatic hydroxyl groups is 1. The van der Waals surface area contributed by atoms with E-state index in [1.54, 1.807) is 18.2 Å². The fraction of sp³-hybridized carbons (Fsp3) is 0.690. The highest BCUT2D eigenvalue weighted by Gasteiger charge is 2.52. The maximum Gasteiger partial charge on any atom is 0.335 e. The van der Waals surface area contributed by atoms with Crippen LogP contribution in [0, 0.1) is 17.8 Å². The summed E-state index contributed by atoms with van der Waals surface area (Å²) in [6.07, 6.45) is 12.8. The number of carbonyl (C=O) groups is 3. The monoisotopic (exact) mass is 514 g/mol. The number of benzene rings is 1. The maximum absolute atomic E-state index is 13.3. The molecule has 1 unspecified atom stereocenters. The van der Waals surface area contributed by atoms with Crippen LogP contribution in [-0.2, 0) is 20.7 Å². The zero-order valence-corrected chi connectivity index (χ0v) is 21.7. The van der Waals surface area contributed by atoms with Gasteiger partial charge in [-0.2, -0.15) is 0 Å². The number of aryl methyl sites for hydroxylation is 1. The van der Waals surface area contributed by atoms with E-state index in [4.69, 9.17) is 4.74 Å². The third-order valence-electron chi connectivity index (χ3n) is 8.55. The molecule has 0 radical (unpaired) electrons. The molecule has 0 aromatic heterocycles. The number of nitrogens with one attached hydrogen (secondary N) is 2. The minimum absolute atomic E-state index is 0.00516. The molecule has 5 atom stereocenters. The van der Waals surface area contributed by atoms with Crippen molar-refractivity contribution in [2.45, 2.75) is 95.3 Å². The van der Waals surface area contributed by atoms with Crippen molar-refractivity contribution >= 4 is 17.8 Å². The van der Waals surface area contributed by atoms with E-state index in [2.05, 4.69) is 10.6 Å². The van der Waals surface area contributed by atoms with Crippen molar-refractivity contribution in [2.24, 2.45) is 17.8 Å². The number of unbranched alkanes of at least 4 members (excludes halogenated alkanes) is 1. The Morgan fingerprint density at radius 3 is 2.54 bits per heavy atom. The predicted molar refractivity (Wildman–Crippen MR) is 139 cm³/mol. The van der Waals surface area contributed by atoms with E-state index in [1.807, 2.05) is 6.07 Å². The van der Waals surface area contributed by atoms with Crippen LogP contribution in [-0.4, -0.2) is 59.4 Å². The zero-order valence-electron chi connectivity index (χ0n) is 21.7. The Hall–Kier alpha value is -2.45. The molecule has 37 heavy (non-hydrogen) atoms. The summed E-state index contributed by atoms with van der Waals surface area (Å²) < 4.78 is 6.07. The van der Waals surface area contributed by atoms with Gasteiger partial charge in [-0.05, 0) is 61.6 Å². The van der Waals surface area contributed by atoms with Gasteiger partial charge in [0.15, 0.2) is 0 Å². The van der Waals surface area contributed by atoms with Crippen LogP contribution >= 0.6 is 0 Å². The largest absolute Gasteiger partial charge is 0.478 e. The second kappa shape index (κ2) is 13.4. The molecule has 2 heterocycles. The van der Waals surface area contributed by atoms with Crippen LogP contribution in [0.1, 0.15) is 86.6 Å².